The van der Waals surface area contributed by atoms with E-state index in [2.05, 4.69) is 0 Å². The average Bonchev–Trinajstić information content (AvgIpc) is 2.66. The van der Waals surface area contributed by atoms with Gasteiger partial charge in [0.15, 0.2) is 19.7 Å². The third-order valence-corrected chi connectivity index (χ3v) is 10.1. The number of rotatable bonds is 3. The second kappa shape index (κ2) is 4.70. The standard InChI is InChI=1S/C8H14O4S4/c9-15(10)3-1-7(5-15)13-14-8-2-4-16(11,12)6-8/h7-8H,1-6H2/t7-,8-/m1/s1. The second-order valence-corrected chi connectivity index (χ2v) is 11.6. The first kappa shape index (κ1) is 13.0. The molecule has 0 aromatic heterocycles. The zero-order chi connectivity index (χ0) is 11.8. The molecule has 2 aliphatic rings. The van der Waals surface area contributed by atoms with Gasteiger partial charge in [-0.1, -0.05) is 21.6 Å². The lowest BCUT2D eigenvalue weighted by Crippen LogP contribution is -2.08. The van der Waals surface area contributed by atoms with Crippen LogP contribution >= 0.6 is 21.6 Å². The quantitative estimate of drug-likeness (QED) is 0.716. The molecule has 0 amide bonds. The van der Waals surface area contributed by atoms with Crippen molar-refractivity contribution in [2.24, 2.45) is 0 Å². The van der Waals surface area contributed by atoms with Crippen molar-refractivity contribution in [1.82, 2.24) is 0 Å². The number of sulfone groups is 2. The van der Waals surface area contributed by atoms with Crippen molar-refractivity contribution in [3.05, 3.63) is 0 Å². The Morgan fingerprint density at radius 1 is 0.750 bits per heavy atom. The first-order chi connectivity index (χ1) is 7.36. The minimum absolute atomic E-state index is 0.151. The molecule has 2 rings (SSSR count). The van der Waals surface area contributed by atoms with E-state index in [0.29, 0.717) is 12.8 Å². The first-order valence-corrected chi connectivity index (χ1v) is 11.0. The van der Waals surface area contributed by atoms with Crippen molar-refractivity contribution in [3.63, 3.8) is 0 Å². The largest absolute Gasteiger partial charge is 0.229 e. The molecule has 0 N–H and O–H groups in total. The van der Waals surface area contributed by atoms with Crippen LogP contribution in [0.25, 0.3) is 0 Å². The highest BCUT2D eigenvalue weighted by Gasteiger charge is 2.32. The summed E-state index contributed by atoms with van der Waals surface area (Å²) in [6.45, 7) is 0. The maximum atomic E-state index is 11.2. The molecule has 2 heterocycles. The van der Waals surface area contributed by atoms with Gasteiger partial charge in [0.1, 0.15) is 0 Å². The lowest BCUT2D eigenvalue weighted by Gasteiger charge is -2.09. The molecule has 94 valence electrons. The fourth-order valence-electron chi connectivity index (χ4n) is 1.83. The van der Waals surface area contributed by atoms with Gasteiger partial charge in [-0.2, -0.15) is 0 Å². The van der Waals surface area contributed by atoms with Crippen LogP contribution in [-0.2, 0) is 19.7 Å². The van der Waals surface area contributed by atoms with Gasteiger partial charge in [0.05, 0.1) is 23.0 Å². The van der Waals surface area contributed by atoms with Crippen LogP contribution in [-0.4, -0.2) is 50.3 Å². The summed E-state index contributed by atoms with van der Waals surface area (Å²) in [4.78, 5) is 0. The Labute approximate surface area is 104 Å². The summed E-state index contributed by atoms with van der Waals surface area (Å²) in [7, 11) is -2.52. The predicted molar refractivity (Wildman–Crippen MR) is 69.3 cm³/mol. The zero-order valence-corrected chi connectivity index (χ0v) is 11.9. The molecule has 0 spiro atoms. The van der Waals surface area contributed by atoms with Gasteiger partial charge in [-0.3, -0.25) is 0 Å². The fraction of sp³-hybridized carbons (Fsp3) is 1.00. The van der Waals surface area contributed by atoms with Crippen LogP contribution in [0.3, 0.4) is 0 Å². The molecular formula is C8H14O4S4. The third kappa shape index (κ3) is 3.54. The second-order valence-electron chi connectivity index (χ2n) is 4.24. The minimum atomic E-state index is -2.82. The Bertz CT molecular complexity index is 408. The van der Waals surface area contributed by atoms with Crippen molar-refractivity contribution < 1.29 is 16.8 Å². The van der Waals surface area contributed by atoms with Crippen LogP contribution < -0.4 is 0 Å². The normalized spacial score (nSPS) is 36.5. The molecule has 0 unspecified atom stereocenters. The van der Waals surface area contributed by atoms with E-state index in [1.54, 1.807) is 21.6 Å². The van der Waals surface area contributed by atoms with Gasteiger partial charge in [-0.25, -0.2) is 16.8 Å². The molecule has 0 saturated carbocycles. The van der Waals surface area contributed by atoms with E-state index in [0.717, 1.165) is 0 Å². The average molecular weight is 302 g/mol. The van der Waals surface area contributed by atoms with E-state index in [9.17, 15) is 16.8 Å². The number of hydrogen-bond donors (Lipinski definition) is 0. The van der Waals surface area contributed by atoms with Gasteiger partial charge in [0.25, 0.3) is 0 Å². The molecule has 16 heavy (non-hydrogen) atoms. The summed E-state index contributed by atoms with van der Waals surface area (Å²) in [6.07, 6.45) is 1.42. The van der Waals surface area contributed by atoms with Crippen LogP contribution in [0, 0.1) is 0 Å². The van der Waals surface area contributed by atoms with E-state index in [1.165, 1.54) is 0 Å². The highest BCUT2D eigenvalue weighted by Crippen LogP contribution is 2.39. The molecule has 8 heteroatoms. The summed E-state index contributed by atoms with van der Waals surface area (Å²) in [6, 6.07) is 0. The zero-order valence-electron chi connectivity index (χ0n) is 8.66. The third-order valence-electron chi connectivity index (χ3n) is 2.71. The molecule has 0 aliphatic carbocycles. The van der Waals surface area contributed by atoms with Gasteiger partial charge in [-0.15, -0.1) is 0 Å². The Morgan fingerprint density at radius 2 is 1.12 bits per heavy atom. The molecule has 2 fully saturated rings. The Morgan fingerprint density at radius 3 is 1.38 bits per heavy atom. The summed E-state index contributed by atoms with van der Waals surface area (Å²) >= 11 is 0. The minimum Gasteiger partial charge on any atom is -0.229 e. The summed E-state index contributed by atoms with van der Waals surface area (Å²) in [5.74, 6) is 1.08. The Kier molecular flexibility index (Phi) is 3.83. The van der Waals surface area contributed by atoms with Crippen molar-refractivity contribution in [2.75, 3.05) is 23.0 Å². The topological polar surface area (TPSA) is 68.3 Å². The van der Waals surface area contributed by atoms with Crippen LogP contribution in [0.15, 0.2) is 0 Å². The summed E-state index contributed by atoms with van der Waals surface area (Å²) in [5.41, 5.74) is 0. The SMILES string of the molecule is O=S1(=O)CC[C@@H](SS[C@@H]2CCS(=O)(=O)C2)C1. The van der Waals surface area contributed by atoms with Gasteiger partial charge >= 0.3 is 0 Å². The van der Waals surface area contributed by atoms with Gasteiger partial charge in [-0.05, 0) is 12.8 Å². The van der Waals surface area contributed by atoms with Gasteiger partial charge in [0, 0.05) is 10.5 Å². The number of hydrogen-bond acceptors (Lipinski definition) is 6. The van der Waals surface area contributed by atoms with Crippen LogP contribution in [0.2, 0.25) is 0 Å². The Hall–Kier alpha value is 0.600. The van der Waals surface area contributed by atoms with Crippen LogP contribution in [0.5, 0.6) is 0 Å². The molecule has 2 saturated heterocycles. The van der Waals surface area contributed by atoms with E-state index in [1.807, 2.05) is 0 Å². The molecular weight excluding hydrogens is 288 g/mol. The lowest BCUT2D eigenvalue weighted by atomic mass is 10.4. The molecule has 0 aromatic carbocycles. The monoisotopic (exact) mass is 302 g/mol. The predicted octanol–water partition coefficient (Wildman–Crippen LogP) is 0.742. The highest BCUT2D eigenvalue weighted by molar-refractivity contribution is 8.77. The Balaban J connectivity index is 1.77. The fourth-order valence-corrected chi connectivity index (χ4v) is 10.2. The maximum Gasteiger partial charge on any atom is 0.151 e. The van der Waals surface area contributed by atoms with Crippen LogP contribution in [0.1, 0.15) is 12.8 Å². The van der Waals surface area contributed by atoms with Crippen molar-refractivity contribution in [3.8, 4) is 0 Å². The molecule has 2 aliphatic heterocycles. The molecule has 4 nitrogen and oxygen atoms in total. The van der Waals surface area contributed by atoms with Crippen molar-refractivity contribution in [1.29, 1.82) is 0 Å². The lowest BCUT2D eigenvalue weighted by molar-refractivity contribution is 0.600. The van der Waals surface area contributed by atoms with E-state index < -0.39 is 19.7 Å². The van der Waals surface area contributed by atoms with Crippen LogP contribution in [0.4, 0.5) is 0 Å². The summed E-state index contributed by atoms with van der Waals surface area (Å²) < 4.78 is 44.9. The van der Waals surface area contributed by atoms with E-state index in [4.69, 9.17) is 0 Å². The molecule has 0 bridgehead atoms. The molecule has 2 atom stereocenters. The molecule has 0 aromatic rings. The maximum absolute atomic E-state index is 11.2. The summed E-state index contributed by atoms with van der Waals surface area (Å²) in [5, 5.41) is 0.302. The van der Waals surface area contributed by atoms with Crippen molar-refractivity contribution >= 4 is 41.3 Å². The van der Waals surface area contributed by atoms with E-state index in [-0.39, 0.29) is 33.5 Å². The molecule has 0 radical (unpaired) electrons. The van der Waals surface area contributed by atoms with Gasteiger partial charge in [0.2, 0.25) is 0 Å². The smallest absolute Gasteiger partial charge is 0.151 e. The highest BCUT2D eigenvalue weighted by atomic mass is 33.1. The van der Waals surface area contributed by atoms with Crippen molar-refractivity contribution in [2.45, 2.75) is 23.3 Å². The van der Waals surface area contributed by atoms with Gasteiger partial charge < -0.3 is 0 Å². The van der Waals surface area contributed by atoms with E-state index >= 15 is 0 Å². The first-order valence-electron chi connectivity index (χ1n) is 5.09.